The van der Waals surface area contributed by atoms with Gasteiger partial charge in [-0.3, -0.25) is 4.57 Å². The number of nitrogens with one attached hydrogen (secondary N) is 1. The minimum atomic E-state index is -3.16. The lowest BCUT2D eigenvalue weighted by atomic mass is 10.1. The highest BCUT2D eigenvalue weighted by molar-refractivity contribution is 5.57. The first-order valence-electron chi connectivity index (χ1n) is 7.64. The summed E-state index contributed by atoms with van der Waals surface area (Å²) in [5, 5.41) is 3.09. The highest BCUT2D eigenvalue weighted by atomic mass is 19.3. The molecule has 0 radical (unpaired) electrons. The molecule has 1 fully saturated rings. The highest BCUT2D eigenvalue weighted by Gasteiger charge is 2.51. The first kappa shape index (κ1) is 17.6. The third kappa shape index (κ3) is 3.94. The number of alkyl halides is 2. The molecule has 2 rings (SSSR count). The molecule has 0 bridgehead atoms. The van der Waals surface area contributed by atoms with Crippen molar-refractivity contribution in [1.82, 2.24) is 14.9 Å². The number of hydrogen-bond acceptors (Lipinski definition) is 5. The Morgan fingerprint density at radius 3 is 3.04 bits per heavy atom. The lowest BCUT2D eigenvalue weighted by Gasteiger charge is -2.20. The van der Waals surface area contributed by atoms with Crippen molar-refractivity contribution in [2.75, 3.05) is 18.8 Å². The molecule has 1 aliphatic rings. The first-order valence-corrected chi connectivity index (χ1v) is 7.64. The number of nitrogen functional groups attached to an aromatic ring is 1. The van der Waals surface area contributed by atoms with E-state index in [1.165, 1.54) is 12.3 Å². The zero-order valence-corrected chi connectivity index (χ0v) is 13.1. The maximum Gasteiger partial charge on any atom is 0.351 e. The van der Waals surface area contributed by atoms with Crippen LogP contribution >= 0.6 is 0 Å². The number of halogens is 2. The second kappa shape index (κ2) is 7.18. The fourth-order valence-corrected chi connectivity index (χ4v) is 2.51. The average molecular weight is 328 g/mol. The van der Waals surface area contributed by atoms with E-state index in [0.717, 1.165) is 24.0 Å². The molecule has 0 saturated carbocycles. The van der Waals surface area contributed by atoms with E-state index in [2.05, 4.69) is 23.8 Å². The number of nitrogens with two attached hydrogens (primary N) is 1. The molecule has 23 heavy (non-hydrogen) atoms. The predicted molar refractivity (Wildman–Crippen MR) is 84.3 cm³/mol. The summed E-state index contributed by atoms with van der Waals surface area (Å²) in [6.07, 6.45) is 1.77. The summed E-state index contributed by atoms with van der Waals surface area (Å²) in [6.45, 7) is 6.64. The second-order valence-corrected chi connectivity index (χ2v) is 5.61. The molecule has 0 spiro atoms. The number of unbranched alkanes of at least 4 members (excludes halogenated alkanes) is 1. The van der Waals surface area contributed by atoms with Crippen LogP contribution in [0.5, 0.6) is 0 Å². The molecule has 2 atom stereocenters. The number of nitrogens with zero attached hydrogens (tertiary/aromatic N) is 2. The average Bonchev–Trinajstić information content (AvgIpc) is 2.79. The van der Waals surface area contributed by atoms with E-state index in [1.54, 1.807) is 0 Å². The molecule has 2 heterocycles. The fourth-order valence-electron chi connectivity index (χ4n) is 2.51. The van der Waals surface area contributed by atoms with Crippen molar-refractivity contribution in [3.63, 3.8) is 0 Å². The topological polar surface area (TPSA) is 82.2 Å². The molecule has 0 aromatic carbocycles. The molecular weight excluding hydrogens is 306 g/mol. The Balaban J connectivity index is 2.16. The van der Waals surface area contributed by atoms with Gasteiger partial charge in [0.05, 0.1) is 6.10 Å². The Kier molecular flexibility index (Phi) is 5.48. The number of rotatable bonds is 7. The summed E-state index contributed by atoms with van der Waals surface area (Å²) in [7, 11) is 0. The van der Waals surface area contributed by atoms with Gasteiger partial charge < -0.3 is 15.8 Å². The number of aromatic nitrogens is 2. The Hall–Kier alpha value is -1.80. The van der Waals surface area contributed by atoms with E-state index >= 15 is 0 Å². The summed E-state index contributed by atoms with van der Waals surface area (Å²) in [5.41, 5.74) is 5.00. The minimum Gasteiger partial charge on any atom is -0.383 e. The summed E-state index contributed by atoms with van der Waals surface area (Å²) < 4.78 is 34.7. The van der Waals surface area contributed by atoms with Gasteiger partial charge in [-0.2, -0.15) is 4.98 Å². The SMILES string of the molecule is C=Cc1cn([C@@H]2OC(CNCCCC)CC2(F)F)c(=O)nc1N. The van der Waals surface area contributed by atoms with E-state index in [-0.39, 0.29) is 5.82 Å². The summed E-state index contributed by atoms with van der Waals surface area (Å²) >= 11 is 0. The summed E-state index contributed by atoms with van der Waals surface area (Å²) in [6, 6.07) is 0. The largest absolute Gasteiger partial charge is 0.383 e. The molecule has 1 aromatic heterocycles. The maximum absolute atomic E-state index is 14.2. The Morgan fingerprint density at radius 1 is 1.65 bits per heavy atom. The van der Waals surface area contributed by atoms with Crippen LogP contribution in [0.1, 0.15) is 38.0 Å². The quantitative estimate of drug-likeness (QED) is 0.746. The smallest absolute Gasteiger partial charge is 0.351 e. The van der Waals surface area contributed by atoms with Gasteiger partial charge in [0.15, 0.2) is 0 Å². The van der Waals surface area contributed by atoms with Crippen molar-refractivity contribution in [2.24, 2.45) is 0 Å². The first-order chi connectivity index (χ1) is 10.9. The van der Waals surface area contributed by atoms with Gasteiger partial charge >= 0.3 is 5.69 Å². The van der Waals surface area contributed by atoms with Gasteiger partial charge in [-0.1, -0.05) is 26.0 Å². The van der Waals surface area contributed by atoms with Gasteiger partial charge in [-0.05, 0) is 13.0 Å². The predicted octanol–water partition coefficient (Wildman–Crippen LogP) is 1.78. The van der Waals surface area contributed by atoms with Crippen molar-refractivity contribution >= 4 is 11.9 Å². The van der Waals surface area contributed by atoms with Crippen LogP contribution in [-0.2, 0) is 4.74 Å². The van der Waals surface area contributed by atoms with Crippen LogP contribution in [-0.4, -0.2) is 34.7 Å². The molecule has 1 saturated heterocycles. The molecule has 0 amide bonds. The van der Waals surface area contributed by atoms with Gasteiger partial charge in [0.25, 0.3) is 5.92 Å². The number of hydrogen-bond donors (Lipinski definition) is 2. The summed E-state index contributed by atoms with van der Waals surface area (Å²) in [5.74, 6) is -3.20. The minimum absolute atomic E-state index is 0.0413. The van der Waals surface area contributed by atoms with Crippen LogP contribution in [0.25, 0.3) is 6.08 Å². The Labute approximate surface area is 133 Å². The molecule has 8 heteroatoms. The monoisotopic (exact) mass is 328 g/mol. The van der Waals surface area contributed by atoms with Crippen molar-refractivity contribution in [3.8, 4) is 0 Å². The van der Waals surface area contributed by atoms with Gasteiger partial charge in [-0.25, -0.2) is 13.6 Å². The Morgan fingerprint density at radius 2 is 2.39 bits per heavy atom. The maximum atomic E-state index is 14.2. The van der Waals surface area contributed by atoms with E-state index < -0.39 is 30.4 Å². The van der Waals surface area contributed by atoms with Gasteiger partial charge in [0.1, 0.15) is 5.82 Å². The molecule has 128 valence electrons. The molecule has 1 aliphatic heterocycles. The Bertz CT molecular complexity index is 618. The van der Waals surface area contributed by atoms with Crippen LogP contribution in [0, 0.1) is 0 Å². The number of anilines is 1. The number of ether oxygens (including phenoxy) is 1. The summed E-state index contributed by atoms with van der Waals surface area (Å²) in [4.78, 5) is 15.4. The van der Waals surface area contributed by atoms with Gasteiger partial charge in [0, 0.05) is 24.7 Å². The van der Waals surface area contributed by atoms with Crippen LogP contribution in [0.3, 0.4) is 0 Å². The van der Waals surface area contributed by atoms with Gasteiger partial charge in [0.2, 0.25) is 6.23 Å². The molecule has 1 unspecified atom stereocenters. The highest BCUT2D eigenvalue weighted by Crippen LogP contribution is 2.41. The van der Waals surface area contributed by atoms with E-state index in [9.17, 15) is 13.6 Å². The van der Waals surface area contributed by atoms with Gasteiger partial charge in [-0.15, -0.1) is 0 Å². The van der Waals surface area contributed by atoms with Crippen LogP contribution in [0.4, 0.5) is 14.6 Å². The standard InChI is InChI=1S/C15H22F2N4O2/c1-3-5-6-19-8-11-7-15(16,17)13(23-11)21-9-10(4-2)12(18)20-14(21)22/h4,9,11,13,19H,2-3,5-8H2,1H3,(H2,18,20,22)/t11?,13-/m1/s1. The normalized spacial score (nSPS) is 23.1. The van der Waals surface area contributed by atoms with Crippen LogP contribution < -0.4 is 16.7 Å². The van der Waals surface area contributed by atoms with Crippen LogP contribution in [0.15, 0.2) is 17.6 Å². The van der Waals surface area contributed by atoms with E-state index in [0.29, 0.717) is 12.1 Å². The molecule has 1 aromatic rings. The van der Waals surface area contributed by atoms with Crippen molar-refractivity contribution in [2.45, 2.75) is 44.4 Å². The second-order valence-electron chi connectivity index (χ2n) is 5.61. The molecule has 0 aliphatic carbocycles. The third-order valence-corrected chi connectivity index (χ3v) is 3.75. The third-order valence-electron chi connectivity index (χ3n) is 3.75. The van der Waals surface area contributed by atoms with Crippen molar-refractivity contribution in [3.05, 3.63) is 28.8 Å². The van der Waals surface area contributed by atoms with Crippen molar-refractivity contribution in [1.29, 1.82) is 0 Å². The zero-order chi connectivity index (χ0) is 17.0. The lowest BCUT2D eigenvalue weighted by molar-refractivity contribution is -0.116. The molecule has 3 N–H and O–H groups in total. The molecule has 6 nitrogen and oxygen atoms in total. The lowest BCUT2D eigenvalue weighted by Crippen LogP contribution is -2.35. The van der Waals surface area contributed by atoms with Crippen molar-refractivity contribution < 1.29 is 13.5 Å². The van der Waals surface area contributed by atoms with Crippen LogP contribution in [0.2, 0.25) is 0 Å². The fraction of sp³-hybridized carbons (Fsp3) is 0.600. The molecular formula is C15H22F2N4O2. The van der Waals surface area contributed by atoms with E-state index in [4.69, 9.17) is 10.5 Å². The zero-order valence-electron chi connectivity index (χ0n) is 13.1. The van der Waals surface area contributed by atoms with E-state index in [1.807, 2.05) is 0 Å².